The first-order chi connectivity index (χ1) is 16.5. The molecule has 0 aliphatic heterocycles. The molecule has 2 aromatic rings. The van der Waals surface area contributed by atoms with Gasteiger partial charge in [0.25, 0.3) is 0 Å². The van der Waals surface area contributed by atoms with Gasteiger partial charge in [0.05, 0.1) is 27.0 Å². The van der Waals surface area contributed by atoms with E-state index in [4.69, 9.17) is 46.4 Å². The van der Waals surface area contributed by atoms with Gasteiger partial charge in [-0.15, -0.1) is 0 Å². The van der Waals surface area contributed by atoms with E-state index >= 15 is 0 Å². The Balaban J connectivity index is 2.54. The van der Waals surface area contributed by atoms with E-state index < -0.39 is 34.1 Å². The van der Waals surface area contributed by atoms with Crippen molar-refractivity contribution in [2.24, 2.45) is 0 Å². The largest absolute Gasteiger partial charge is 0.350 e. The number of amides is 2. The van der Waals surface area contributed by atoms with Crippen molar-refractivity contribution in [3.8, 4) is 0 Å². The molecule has 1 N–H and O–H groups in total. The first-order valence-electron chi connectivity index (χ1n) is 11.0. The van der Waals surface area contributed by atoms with Crippen molar-refractivity contribution < 1.29 is 18.0 Å². The van der Waals surface area contributed by atoms with Gasteiger partial charge >= 0.3 is 0 Å². The normalized spacial score (nSPS) is 12.7. The number of hydrogen-bond acceptors (Lipinski definition) is 4. The van der Waals surface area contributed by atoms with E-state index in [1.807, 2.05) is 20.8 Å². The van der Waals surface area contributed by atoms with Crippen molar-refractivity contribution in [1.29, 1.82) is 0 Å². The van der Waals surface area contributed by atoms with Crippen LogP contribution in [0.2, 0.25) is 20.1 Å². The molecule has 7 nitrogen and oxygen atoms in total. The number of carbonyl (C=O) groups is 2. The third-order valence-electron chi connectivity index (χ3n) is 5.12. The highest BCUT2D eigenvalue weighted by Gasteiger charge is 2.34. The van der Waals surface area contributed by atoms with Crippen molar-refractivity contribution in [3.63, 3.8) is 0 Å². The second-order valence-corrected chi connectivity index (χ2v) is 12.8. The number of nitrogens with zero attached hydrogens (tertiary/aromatic N) is 2. The second-order valence-electron chi connectivity index (χ2n) is 9.26. The molecule has 0 aromatic heterocycles. The van der Waals surface area contributed by atoms with Crippen LogP contribution >= 0.6 is 46.4 Å². The molecule has 198 valence electrons. The van der Waals surface area contributed by atoms with E-state index in [0.717, 1.165) is 10.6 Å². The minimum atomic E-state index is -3.99. The third kappa shape index (κ3) is 8.15. The van der Waals surface area contributed by atoms with Crippen LogP contribution in [0.5, 0.6) is 0 Å². The highest BCUT2D eigenvalue weighted by Crippen LogP contribution is 2.35. The summed E-state index contributed by atoms with van der Waals surface area (Å²) in [7, 11) is -3.99. The second kappa shape index (κ2) is 12.2. The van der Waals surface area contributed by atoms with Gasteiger partial charge in [0.15, 0.2) is 0 Å². The molecule has 0 spiro atoms. The minimum absolute atomic E-state index is 0.00204. The average Bonchev–Trinajstić information content (AvgIpc) is 2.74. The van der Waals surface area contributed by atoms with Gasteiger partial charge in [-0.3, -0.25) is 13.9 Å². The van der Waals surface area contributed by atoms with Gasteiger partial charge in [-0.1, -0.05) is 71.5 Å². The molecule has 1 atom stereocenters. The Morgan fingerprint density at radius 3 is 2.08 bits per heavy atom. The summed E-state index contributed by atoms with van der Waals surface area (Å²) in [5, 5.41) is 3.51. The predicted octanol–water partition coefficient (Wildman–Crippen LogP) is 5.79. The van der Waals surface area contributed by atoms with Crippen molar-refractivity contribution in [3.05, 3.63) is 62.1 Å². The van der Waals surface area contributed by atoms with Gasteiger partial charge in [-0.2, -0.15) is 0 Å². The Hall–Kier alpha value is -1.71. The zero-order valence-corrected chi connectivity index (χ0v) is 24.5. The van der Waals surface area contributed by atoms with Gasteiger partial charge < -0.3 is 10.2 Å². The molecule has 0 bridgehead atoms. The van der Waals surface area contributed by atoms with Crippen molar-refractivity contribution in [1.82, 2.24) is 10.2 Å². The standard InChI is InChI=1S/C24H29Cl4N3O4S/c1-6-20(23(33)29-24(2,3)4)30(13-15-9-7-8-10-16(15)25)22(32)14-31(36(5,34)35)21-12-18(27)17(26)11-19(21)28/h7-12,20H,6,13-14H2,1-5H3,(H,29,33)/t20-/m1/s1. The average molecular weight is 597 g/mol. The van der Waals surface area contributed by atoms with Crippen LogP contribution in [0.1, 0.15) is 39.7 Å². The minimum Gasteiger partial charge on any atom is -0.350 e. The molecule has 12 heteroatoms. The van der Waals surface area contributed by atoms with Gasteiger partial charge in [-0.25, -0.2) is 8.42 Å². The summed E-state index contributed by atoms with van der Waals surface area (Å²) in [6, 6.07) is 8.62. The number of carbonyl (C=O) groups excluding carboxylic acids is 2. The van der Waals surface area contributed by atoms with Crippen LogP contribution < -0.4 is 9.62 Å². The Morgan fingerprint density at radius 2 is 1.56 bits per heavy atom. The van der Waals surface area contributed by atoms with E-state index in [1.165, 1.54) is 17.0 Å². The number of sulfonamides is 1. The first-order valence-corrected chi connectivity index (χ1v) is 14.4. The van der Waals surface area contributed by atoms with Crippen LogP contribution in [0.3, 0.4) is 0 Å². The maximum Gasteiger partial charge on any atom is 0.244 e. The van der Waals surface area contributed by atoms with Crippen molar-refractivity contribution in [2.45, 2.75) is 52.2 Å². The SMILES string of the molecule is CC[C@H](C(=O)NC(C)(C)C)N(Cc1ccccc1Cl)C(=O)CN(c1cc(Cl)c(Cl)cc1Cl)S(C)(=O)=O. The van der Waals surface area contributed by atoms with E-state index in [1.54, 1.807) is 31.2 Å². The summed E-state index contributed by atoms with van der Waals surface area (Å²) >= 11 is 24.7. The zero-order valence-electron chi connectivity index (χ0n) is 20.6. The van der Waals surface area contributed by atoms with Crippen LogP contribution in [0.4, 0.5) is 5.69 Å². The Bertz CT molecular complexity index is 1230. The molecule has 0 saturated carbocycles. The highest BCUT2D eigenvalue weighted by molar-refractivity contribution is 7.92. The third-order valence-corrected chi connectivity index (χ3v) is 7.64. The van der Waals surface area contributed by atoms with E-state index in [0.29, 0.717) is 10.6 Å². The van der Waals surface area contributed by atoms with Crippen LogP contribution in [0.25, 0.3) is 0 Å². The number of benzene rings is 2. The monoisotopic (exact) mass is 595 g/mol. The maximum absolute atomic E-state index is 13.7. The van der Waals surface area contributed by atoms with Gasteiger partial charge in [-0.05, 0) is 51.0 Å². The molecule has 0 unspecified atom stereocenters. The summed E-state index contributed by atoms with van der Waals surface area (Å²) in [5.74, 6) is -0.998. The summed E-state index contributed by atoms with van der Waals surface area (Å²) in [6.07, 6.45) is 1.23. The lowest BCUT2D eigenvalue weighted by molar-refractivity contribution is -0.141. The van der Waals surface area contributed by atoms with Crippen LogP contribution in [0.15, 0.2) is 36.4 Å². The van der Waals surface area contributed by atoms with Gasteiger partial charge in [0.2, 0.25) is 21.8 Å². The van der Waals surface area contributed by atoms with Crippen LogP contribution in [-0.2, 0) is 26.2 Å². The summed E-state index contributed by atoms with van der Waals surface area (Å²) in [5.41, 5.74) is 0.0514. The van der Waals surface area contributed by atoms with Gasteiger partial charge in [0.1, 0.15) is 12.6 Å². The number of hydrogen-bond donors (Lipinski definition) is 1. The van der Waals surface area contributed by atoms with E-state index in [-0.39, 0.29) is 39.6 Å². The fourth-order valence-corrected chi connectivity index (χ4v) is 5.22. The fourth-order valence-electron chi connectivity index (χ4n) is 3.48. The molecule has 0 saturated heterocycles. The maximum atomic E-state index is 13.7. The lowest BCUT2D eigenvalue weighted by Crippen LogP contribution is -2.55. The molecule has 0 heterocycles. The first kappa shape index (κ1) is 30.5. The Kier molecular flexibility index (Phi) is 10.4. The summed E-state index contributed by atoms with van der Waals surface area (Å²) in [4.78, 5) is 28.2. The molecular weight excluding hydrogens is 568 g/mol. The van der Waals surface area contributed by atoms with Crippen LogP contribution in [0, 0.1) is 0 Å². The molecule has 2 aromatic carbocycles. The molecular formula is C24H29Cl4N3O4S. The smallest absolute Gasteiger partial charge is 0.244 e. The number of nitrogens with one attached hydrogen (secondary N) is 1. The Morgan fingerprint density at radius 1 is 0.972 bits per heavy atom. The van der Waals surface area contributed by atoms with E-state index in [2.05, 4.69) is 5.32 Å². The zero-order chi connectivity index (χ0) is 27.4. The quantitative estimate of drug-likeness (QED) is 0.371. The molecule has 2 rings (SSSR count). The van der Waals surface area contributed by atoms with Crippen molar-refractivity contribution >= 4 is 73.9 Å². The molecule has 36 heavy (non-hydrogen) atoms. The molecule has 0 aliphatic carbocycles. The highest BCUT2D eigenvalue weighted by atomic mass is 35.5. The molecule has 0 radical (unpaired) electrons. The van der Waals surface area contributed by atoms with Crippen molar-refractivity contribution in [2.75, 3.05) is 17.1 Å². The summed E-state index contributed by atoms with van der Waals surface area (Å²) < 4.78 is 26.3. The lowest BCUT2D eigenvalue weighted by Gasteiger charge is -2.34. The molecule has 0 aliphatic rings. The van der Waals surface area contributed by atoms with Gasteiger partial charge in [0, 0.05) is 17.1 Å². The lowest BCUT2D eigenvalue weighted by atomic mass is 10.1. The number of anilines is 1. The number of rotatable bonds is 9. The van der Waals surface area contributed by atoms with Crippen LogP contribution in [-0.4, -0.2) is 49.5 Å². The fraction of sp³-hybridized carbons (Fsp3) is 0.417. The molecule has 2 amide bonds. The predicted molar refractivity (Wildman–Crippen MR) is 148 cm³/mol. The summed E-state index contributed by atoms with van der Waals surface area (Å²) in [6.45, 7) is 6.62. The number of halogens is 4. The van der Waals surface area contributed by atoms with E-state index in [9.17, 15) is 18.0 Å². The topological polar surface area (TPSA) is 86.8 Å². The Labute approximate surface area is 232 Å². The molecule has 0 fully saturated rings.